The molecule has 0 aromatic heterocycles. The summed E-state index contributed by atoms with van der Waals surface area (Å²) < 4.78 is 33.7. The Balaban J connectivity index is 2.21. The van der Waals surface area contributed by atoms with E-state index in [0.717, 1.165) is 11.1 Å². The van der Waals surface area contributed by atoms with Crippen LogP contribution in [0.4, 0.5) is 0 Å². The number of carbonyl (C=O) groups excluding carboxylic acids is 1. The molecular weight excluding hydrogens is 412 g/mol. The molecule has 1 amide bonds. The summed E-state index contributed by atoms with van der Waals surface area (Å²) in [6.07, 6.45) is 1.22. The van der Waals surface area contributed by atoms with Crippen LogP contribution in [-0.2, 0) is 26.0 Å². The predicted molar refractivity (Wildman–Crippen MR) is 124 cm³/mol. The Bertz CT molecular complexity index is 936. The maximum absolute atomic E-state index is 13.6. The molecule has 0 heterocycles. The number of sulfonamides is 1. The number of nitrogens with one attached hydrogen (secondary N) is 1. The van der Waals surface area contributed by atoms with Gasteiger partial charge in [-0.15, -0.1) is 0 Å². The molecule has 2 aromatic carbocycles. The van der Waals surface area contributed by atoms with Crippen LogP contribution in [0, 0.1) is 20.8 Å². The molecule has 0 aliphatic carbocycles. The zero-order chi connectivity index (χ0) is 22.9. The van der Waals surface area contributed by atoms with Gasteiger partial charge in [0.05, 0.1) is 11.4 Å². The first-order valence-corrected chi connectivity index (χ1v) is 12.2. The minimum absolute atomic E-state index is 0.212. The molecular formula is C24H34N2O4S. The molecule has 6 nitrogen and oxygen atoms in total. The Labute approximate surface area is 186 Å². The molecule has 0 fully saturated rings. The Morgan fingerprint density at radius 3 is 2.32 bits per heavy atom. The molecule has 0 radical (unpaired) electrons. The standard InChI is InChI=1S/C24H34N2O4S/c1-5-30-15-9-13-25-23(27)18-26(14-12-22-10-7-6-8-11-22)31(28,29)24-20(3)16-19(2)17-21(24)4/h6-8,10-11,16-17H,5,9,12-15,18H2,1-4H3,(H,25,27). The minimum atomic E-state index is -3.84. The van der Waals surface area contributed by atoms with Crippen LogP contribution >= 0.6 is 0 Å². The van der Waals surface area contributed by atoms with Gasteiger partial charge in [0.1, 0.15) is 0 Å². The highest BCUT2D eigenvalue weighted by atomic mass is 32.2. The van der Waals surface area contributed by atoms with Gasteiger partial charge in [0.15, 0.2) is 0 Å². The number of hydrogen-bond acceptors (Lipinski definition) is 4. The van der Waals surface area contributed by atoms with Crippen molar-refractivity contribution in [1.82, 2.24) is 9.62 Å². The second-order valence-corrected chi connectivity index (χ2v) is 9.58. The first kappa shape index (κ1) is 25.0. The van der Waals surface area contributed by atoms with Crippen LogP contribution < -0.4 is 5.32 Å². The number of aryl methyl sites for hydroxylation is 3. The maximum Gasteiger partial charge on any atom is 0.244 e. The Hall–Kier alpha value is -2.22. The average Bonchev–Trinajstić information content (AvgIpc) is 2.70. The molecule has 0 bridgehead atoms. The highest BCUT2D eigenvalue weighted by molar-refractivity contribution is 7.89. The van der Waals surface area contributed by atoms with Gasteiger partial charge < -0.3 is 10.1 Å². The van der Waals surface area contributed by atoms with Crippen molar-refractivity contribution >= 4 is 15.9 Å². The van der Waals surface area contributed by atoms with Crippen LogP contribution in [0.25, 0.3) is 0 Å². The number of amides is 1. The van der Waals surface area contributed by atoms with Gasteiger partial charge in [-0.25, -0.2) is 8.42 Å². The largest absolute Gasteiger partial charge is 0.382 e. The third-order valence-corrected chi connectivity index (χ3v) is 7.16. The third kappa shape index (κ3) is 7.45. The van der Waals surface area contributed by atoms with Gasteiger partial charge in [-0.2, -0.15) is 4.31 Å². The minimum Gasteiger partial charge on any atom is -0.382 e. The fraction of sp³-hybridized carbons (Fsp3) is 0.458. The van der Waals surface area contributed by atoms with E-state index >= 15 is 0 Å². The summed E-state index contributed by atoms with van der Waals surface area (Å²) in [4.78, 5) is 12.8. The van der Waals surface area contributed by atoms with Crippen molar-refractivity contribution in [3.63, 3.8) is 0 Å². The van der Waals surface area contributed by atoms with Crippen molar-refractivity contribution < 1.29 is 17.9 Å². The summed E-state index contributed by atoms with van der Waals surface area (Å²) in [5.74, 6) is -0.310. The van der Waals surface area contributed by atoms with Gasteiger partial charge in [0, 0.05) is 26.3 Å². The van der Waals surface area contributed by atoms with Gasteiger partial charge in [-0.1, -0.05) is 48.0 Å². The molecule has 7 heteroatoms. The molecule has 2 aromatic rings. The van der Waals surface area contributed by atoms with E-state index in [1.54, 1.807) is 13.8 Å². The highest BCUT2D eigenvalue weighted by Crippen LogP contribution is 2.25. The summed E-state index contributed by atoms with van der Waals surface area (Å²) in [6.45, 7) is 9.13. The lowest BCUT2D eigenvalue weighted by atomic mass is 10.1. The lowest BCUT2D eigenvalue weighted by Crippen LogP contribution is -2.42. The van der Waals surface area contributed by atoms with E-state index in [1.807, 2.05) is 56.3 Å². The van der Waals surface area contributed by atoms with Crippen LogP contribution in [0.5, 0.6) is 0 Å². The van der Waals surface area contributed by atoms with Crippen LogP contribution in [0.3, 0.4) is 0 Å². The summed E-state index contributed by atoms with van der Waals surface area (Å²) >= 11 is 0. The van der Waals surface area contributed by atoms with Gasteiger partial charge in [-0.05, 0) is 57.2 Å². The molecule has 0 aliphatic rings. The van der Waals surface area contributed by atoms with Crippen molar-refractivity contribution in [2.24, 2.45) is 0 Å². The molecule has 0 aliphatic heterocycles. The normalized spacial score (nSPS) is 11.6. The number of hydrogen-bond donors (Lipinski definition) is 1. The third-order valence-electron chi connectivity index (χ3n) is 5.01. The van der Waals surface area contributed by atoms with Gasteiger partial charge in [-0.3, -0.25) is 4.79 Å². The average molecular weight is 447 g/mol. The van der Waals surface area contributed by atoms with E-state index in [9.17, 15) is 13.2 Å². The number of benzene rings is 2. The fourth-order valence-electron chi connectivity index (χ4n) is 3.65. The Morgan fingerprint density at radius 1 is 1.06 bits per heavy atom. The van der Waals surface area contributed by atoms with Crippen LogP contribution in [0.15, 0.2) is 47.4 Å². The summed E-state index contributed by atoms with van der Waals surface area (Å²) in [6, 6.07) is 13.4. The van der Waals surface area contributed by atoms with Crippen molar-refractivity contribution in [3.05, 3.63) is 64.7 Å². The number of carbonyl (C=O) groups is 1. The Morgan fingerprint density at radius 2 is 1.71 bits per heavy atom. The zero-order valence-electron chi connectivity index (χ0n) is 19.0. The van der Waals surface area contributed by atoms with Crippen molar-refractivity contribution in [1.29, 1.82) is 0 Å². The molecule has 2 rings (SSSR count). The lowest BCUT2D eigenvalue weighted by Gasteiger charge is -2.24. The van der Waals surface area contributed by atoms with Crippen molar-refractivity contribution in [2.45, 2.75) is 45.4 Å². The van der Waals surface area contributed by atoms with E-state index in [0.29, 0.717) is 43.7 Å². The molecule has 31 heavy (non-hydrogen) atoms. The molecule has 170 valence electrons. The van der Waals surface area contributed by atoms with Crippen LogP contribution in [-0.4, -0.2) is 51.5 Å². The second kappa shape index (κ2) is 12.0. The van der Waals surface area contributed by atoms with E-state index in [4.69, 9.17) is 4.74 Å². The molecule has 0 atom stereocenters. The van der Waals surface area contributed by atoms with Crippen molar-refractivity contribution in [2.75, 3.05) is 32.8 Å². The lowest BCUT2D eigenvalue weighted by molar-refractivity contribution is -0.121. The Kier molecular flexibility index (Phi) is 9.68. The van der Waals surface area contributed by atoms with Gasteiger partial charge in [0.25, 0.3) is 0 Å². The smallest absolute Gasteiger partial charge is 0.244 e. The monoisotopic (exact) mass is 446 g/mol. The highest BCUT2D eigenvalue weighted by Gasteiger charge is 2.29. The summed E-state index contributed by atoms with van der Waals surface area (Å²) in [5, 5.41) is 2.81. The first-order chi connectivity index (χ1) is 14.8. The van der Waals surface area contributed by atoms with E-state index in [2.05, 4.69) is 5.32 Å². The first-order valence-electron chi connectivity index (χ1n) is 10.7. The topological polar surface area (TPSA) is 75.7 Å². The van der Waals surface area contributed by atoms with Crippen LogP contribution in [0.1, 0.15) is 35.6 Å². The zero-order valence-corrected chi connectivity index (χ0v) is 19.8. The fourth-order valence-corrected chi connectivity index (χ4v) is 5.46. The molecule has 1 N–H and O–H groups in total. The van der Waals surface area contributed by atoms with Crippen molar-refractivity contribution in [3.8, 4) is 0 Å². The van der Waals surface area contributed by atoms with E-state index < -0.39 is 10.0 Å². The molecule has 0 unspecified atom stereocenters. The quantitative estimate of drug-likeness (QED) is 0.507. The number of ether oxygens (including phenoxy) is 1. The summed E-state index contributed by atoms with van der Waals surface area (Å²) in [5.41, 5.74) is 3.42. The number of rotatable bonds is 12. The number of nitrogens with zero attached hydrogens (tertiary/aromatic N) is 1. The van der Waals surface area contributed by atoms with Gasteiger partial charge in [0.2, 0.25) is 15.9 Å². The molecule has 0 spiro atoms. The second-order valence-electron chi connectivity index (χ2n) is 7.70. The van der Waals surface area contributed by atoms with E-state index in [-0.39, 0.29) is 23.9 Å². The molecule has 0 saturated heterocycles. The predicted octanol–water partition coefficient (Wildman–Crippen LogP) is 3.39. The maximum atomic E-state index is 13.6. The molecule has 0 saturated carbocycles. The van der Waals surface area contributed by atoms with E-state index in [1.165, 1.54) is 4.31 Å². The van der Waals surface area contributed by atoms with Gasteiger partial charge >= 0.3 is 0 Å². The van der Waals surface area contributed by atoms with Crippen LogP contribution in [0.2, 0.25) is 0 Å². The summed E-state index contributed by atoms with van der Waals surface area (Å²) in [7, 11) is -3.84. The SMILES string of the molecule is CCOCCCNC(=O)CN(CCc1ccccc1)S(=O)(=O)c1c(C)cc(C)cc1C.